The average molecular weight is 398 g/mol. The third-order valence-electron chi connectivity index (χ3n) is 5.20. The van der Waals surface area contributed by atoms with Crippen LogP contribution in [-0.2, 0) is 6.54 Å². The van der Waals surface area contributed by atoms with Crippen LogP contribution in [0, 0.1) is 5.92 Å². The maximum absolute atomic E-state index is 12.3. The van der Waals surface area contributed by atoms with Crippen LogP contribution in [0.15, 0.2) is 52.3 Å². The highest BCUT2D eigenvalue weighted by Gasteiger charge is 2.23. The van der Waals surface area contributed by atoms with Crippen molar-refractivity contribution in [1.82, 2.24) is 24.6 Å². The number of pyridine rings is 1. The molecular formula is C20H23N5O2S. The molecule has 0 bridgehead atoms. The number of β-amino-alcohol motifs (C(OH)–C–C–N with tert-alkyl or cyclic N) is 1. The zero-order valence-corrected chi connectivity index (χ0v) is 16.3. The molecule has 0 spiro atoms. The molecule has 0 radical (unpaired) electrons. The van der Waals surface area contributed by atoms with Gasteiger partial charge in [0.1, 0.15) is 6.10 Å². The zero-order valence-electron chi connectivity index (χ0n) is 15.5. The van der Waals surface area contributed by atoms with Gasteiger partial charge in [-0.2, -0.15) is 5.10 Å². The van der Waals surface area contributed by atoms with E-state index in [1.54, 1.807) is 34.7 Å². The lowest BCUT2D eigenvalue weighted by Gasteiger charge is -2.32. The number of nitrogens with zero attached hydrogens (tertiary/aromatic N) is 5. The predicted molar refractivity (Wildman–Crippen MR) is 108 cm³/mol. The van der Waals surface area contributed by atoms with Crippen molar-refractivity contribution in [2.45, 2.75) is 25.5 Å². The van der Waals surface area contributed by atoms with Crippen molar-refractivity contribution in [2.75, 3.05) is 19.6 Å². The van der Waals surface area contributed by atoms with Crippen molar-refractivity contribution in [3.05, 3.63) is 63.6 Å². The fourth-order valence-corrected chi connectivity index (χ4v) is 4.18. The van der Waals surface area contributed by atoms with E-state index >= 15 is 0 Å². The number of thiazole rings is 1. The van der Waals surface area contributed by atoms with Crippen LogP contribution in [0.2, 0.25) is 0 Å². The minimum absolute atomic E-state index is 0.0702. The summed E-state index contributed by atoms with van der Waals surface area (Å²) < 4.78 is 1.58. The molecule has 3 aromatic heterocycles. The Morgan fingerprint density at radius 1 is 1.18 bits per heavy atom. The number of piperidine rings is 1. The molecule has 1 aliphatic heterocycles. The van der Waals surface area contributed by atoms with E-state index in [9.17, 15) is 9.90 Å². The van der Waals surface area contributed by atoms with E-state index in [0.717, 1.165) is 42.9 Å². The summed E-state index contributed by atoms with van der Waals surface area (Å²) in [5.41, 5.74) is 4.16. The summed E-state index contributed by atoms with van der Waals surface area (Å²) in [6, 6.07) is 7.13. The number of aliphatic hydroxyl groups is 1. The van der Waals surface area contributed by atoms with Gasteiger partial charge in [0.05, 0.1) is 16.9 Å². The molecule has 7 nitrogen and oxygen atoms in total. The summed E-state index contributed by atoms with van der Waals surface area (Å²) in [6.07, 6.45) is 4.88. The van der Waals surface area contributed by atoms with Crippen molar-refractivity contribution >= 4 is 11.3 Å². The zero-order chi connectivity index (χ0) is 19.3. The smallest absolute Gasteiger partial charge is 0.266 e. The van der Waals surface area contributed by atoms with Crippen LogP contribution in [0.25, 0.3) is 11.3 Å². The topological polar surface area (TPSA) is 84.1 Å². The third kappa shape index (κ3) is 4.52. The quantitative estimate of drug-likeness (QED) is 0.687. The van der Waals surface area contributed by atoms with Gasteiger partial charge in [-0.1, -0.05) is 0 Å². The van der Waals surface area contributed by atoms with Crippen LogP contribution in [-0.4, -0.2) is 49.4 Å². The van der Waals surface area contributed by atoms with Gasteiger partial charge in [-0.05, 0) is 50.0 Å². The molecule has 3 aromatic rings. The van der Waals surface area contributed by atoms with E-state index in [0.29, 0.717) is 19.0 Å². The van der Waals surface area contributed by atoms with E-state index in [4.69, 9.17) is 0 Å². The number of hydrogen-bond acceptors (Lipinski definition) is 7. The monoisotopic (exact) mass is 397 g/mol. The van der Waals surface area contributed by atoms with Gasteiger partial charge in [0.2, 0.25) is 0 Å². The number of aliphatic hydroxyl groups excluding tert-OH is 1. The van der Waals surface area contributed by atoms with E-state index in [2.05, 4.69) is 20.0 Å². The SMILES string of the molecule is O=c1ccc(-c2ccncc2)nn1CC1CCN(CC(O)c2cscn2)CC1. The fourth-order valence-electron chi connectivity index (χ4n) is 3.58. The van der Waals surface area contributed by atoms with Gasteiger partial charge in [0.15, 0.2) is 0 Å². The maximum atomic E-state index is 12.3. The largest absolute Gasteiger partial charge is 0.385 e. The van der Waals surface area contributed by atoms with Gasteiger partial charge < -0.3 is 10.0 Å². The van der Waals surface area contributed by atoms with Gasteiger partial charge >= 0.3 is 0 Å². The standard InChI is InChI=1S/C20H23N5O2S/c26-19(18-13-28-14-22-18)12-24-9-5-15(6-10-24)11-25-20(27)2-1-17(23-25)16-3-7-21-8-4-16/h1-4,7-8,13-15,19,26H,5-6,9-12H2. The molecule has 1 N–H and O–H groups in total. The van der Waals surface area contributed by atoms with Crippen molar-refractivity contribution in [3.8, 4) is 11.3 Å². The molecule has 0 saturated carbocycles. The minimum Gasteiger partial charge on any atom is -0.385 e. The molecule has 1 fully saturated rings. The summed E-state index contributed by atoms with van der Waals surface area (Å²) in [5, 5.41) is 16.7. The van der Waals surface area contributed by atoms with Crippen molar-refractivity contribution in [1.29, 1.82) is 0 Å². The van der Waals surface area contributed by atoms with Gasteiger partial charge in [0.25, 0.3) is 5.56 Å². The molecule has 1 saturated heterocycles. The van der Waals surface area contributed by atoms with Crippen LogP contribution < -0.4 is 5.56 Å². The predicted octanol–water partition coefficient (Wildman–Crippen LogP) is 2.21. The number of hydrogen-bond donors (Lipinski definition) is 1. The molecule has 4 rings (SSSR count). The number of aromatic nitrogens is 4. The molecule has 0 aliphatic carbocycles. The Morgan fingerprint density at radius 3 is 2.68 bits per heavy atom. The van der Waals surface area contributed by atoms with Gasteiger partial charge in [-0.3, -0.25) is 9.78 Å². The second kappa shape index (κ2) is 8.72. The lowest BCUT2D eigenvalue weighted by atomic mass is 9.96. The van der Waals surface area contributed by atoms with Crippen LogP contribution in [0.3, 0.4) is 0 Å². The van der Waals surface area contributed by atoms with E-state index < -0.39 is 6.10 Å². The molecule has 0 amide bonds. The van der Waals surface area contributed by atoms with Gasteiger partial charge in [0, 0.05) is 42.5 Å². The normalized spacial score (nSPS) is 16.9. The molecule has 1 aliphatic rings. The Hall–Kier alpha value is -2.42. The van der Waals surface area contributed by atoms with Crippen LogP contribution >= 0.6 is 11.3 Å². The molecule has 4 heterocycles. The highest BCUT2D eigenvalue weighted by atomic mass is 32.1. The highest BCUT2D eigenvalue weighted by Crippen LogP contribution is 2.22. The Kier molecular flexibility index (Phi) is 5.90. The van der Waals surface area contributed by atoms with E-state index in [1.807, 2.05) is 17.5 Å². The first-order valence-corrected chi connectivity index (χ1v) is 10.4. The number of rotatable bonds is 6. The lowest BCUT2D eigenvalue weighted by Crippen LogP contribution is -2.38. The molecular weight excluding hydrogens is 374 g/mol. The van der Waals surface area contributed by atoms with Gasteiger partial charge in [-0.15, -0.1) is 11.3 Å². The van der Waals surface area contributed by atoms with E-state index in [1.165, 1.54) is 11.3 Å². The van der Waals surface area contributed by atoms with Crippen LogP contribution in [0.5, 0.6) is 0 Å². The summed E-state index contributed by atoms with van der Waals surface area (Å²) in [4.78, 5) is 22.7. The van der Waals surface area contributed by atoms with Crippen molar-refractivity contribution in [2.24, 2.45) is 5.92 Å². The van der Waals surface area contributed by atoms with Gasteiger partial charge in [-0.25, -0.2) is 9.67 Å². The molecule has 28 heavy (non-hydrogen) atoms. The fraction of sp³-hybridized carbons (Fsp3) is 0.400. The Labute approximate surface area is 167 Å². The van der Waals surface area contributed by atoms with Crippen molar-refractivity contribution < 1.29 is 5.11 Å². The molecule has 1 atom stereocenters. The molecule has 0 aromatic carbocycles. The average Bonchev–Trinajstić information content (AvgIpc) is 3.27. The molecule has 1 unspecified atom stereocenters. The first-order chi connectivity index (χ1) is 13.7. The summed E-state index contributed by atoms with van der Waals surface area (Å²) in [5.74, 6) is 0.408. The Balaban J connectivity index is 1.35. The lowest BCUT2D eigenvalue weighted by molar-refractivity contribution is 0.0837. The first-order valence-electron chi connectivity index (χ1n) is 9.46. The van der Waals surface area contributed by atoms with Crippen molar-refractivity contribution in [3.63, 3.8) is 0 Å². The maximum Gasteiger partial charge on any atom is 0.266 e. The second-order valence-corrected chi connectivity index (χ2v) is 7.87. The van der Waals surface area contributed by atoms with E-state index in [-0.39, 0.29) is 5.56 Å². The Morgan fingerprint density at radius 2 is 1.96 bits per heavy atom. The first kappa shape index (κ1) is 18.9. The minimum atomic E-state index is -0.538. The van der Waals surface area contributed by atoms with Crippen LogP contribution in [0.1, 0.15) is 24.6 Å². The molecule has 146 valence electrons. The summed E-state index contributed by atoms with van der Waals surface area (Å²) >= 11 is 1.50. The summed E-state index contributed by atoms with van der Waals surface area (Å²) in [6.45, 7) is 3.04. The summed E-state index contributed by atoms with van der Waals surface area (Å²) in [7, 11) is 0. The highest BCUT2D eigenvalue weighted by molar-refractivity contribution is 7.07. The number of likely N-dealkylation sites (tertiary alicyclic amines) is 1. The Bertz CT molecular complexity index is 937. The van der Waals surface area contributed by atoms with Crippen LogP contribution in [0.4, 0.5) is 0 Å². The molecule has 8 heteroatoms. The second-order valence-electron chi connectivity index (χ2n) is 7.15. The third-order valence-corrected chi connectivity index (χ3v) is 5.81.